The standard InChI is InChI=1S/C13H11ClFN3O/c14-13-16-7-10(15)12(17-13)18-5-6-19-11-4-2-1-3-9(11)8-18/h1-4,7H,5-6,8H2. The average molecular weight is 280 g/mol. The number of benzene rings is 1. The van der Waals surface area contributed by atoms with Crippen LogP contribution < -0.4 is 9.64 Å². The Kier molecular flexibility index (Phi) is 3.21. The van der Waals surface area contributed by atoms with E-state index in [-0.39, 0.29) is 11.1 Å². The van der Waals surface area contributed by atoms with Crippen molar-refractivity contribution < 1.29 is 9.13 Å². The summed E-state index contributed by atoms with van der Waals surface area (Å²) in [6, 6.07) is 7.70. The summed E-state index contributed by atoms with van der Waals surface area (Å²) in [6.45, 7) is 1.54. The van der Waals surface area contributed by atoms with Crippen molar-refractivity contribution in [1.82, 2.24) is 9.97 Å². The molecule has 0 N–H and O–H groups in total. The molecule has 0 saturated carbocycles. The van der Waals surface area contributed by atoms with Crippen molar-refractivity contribution in [3.05, 3.63) is 47.1 Å². The van der Waals surface area contributed by atoms with E-state index in [2.05, 4.69) is 9.97 Å². The molecule has 0 spiro atoms. The fourth-order valence-electron chi connectivity index (χ4n) is 2.07. The van der Waals surface area contributed by atoms with Crippen LogP contribution in [0.5, 0.6) is 5.75 Å². The Hall–Kier alpha value is -1.88. The molecule has 1 aromatic carbocycles. The topological polar surface area (TPSA) is 38.2 Å². The molecule has 0 unspecified atom stereocenters. The second-order valence-electron chi connectivity index (χ2n) is 4.19. The highest BCUT2D eigenvalue weighted by molar-refractivity contribution is 6.28. The summed E-state index contributed by atoms with van der Waals surface area (Å²) in [5.41, 5.74) is 0.995. The summed E-state index contributed by atoms with van der Waals surface area (Å²) in [4.78, 5) is 9.38. The van der Waals surface area contributed by atoms with Crippen LogP contribution in [-0.2, 0) is 6.54 Å². The molecule has 6 heteroatoms. The Morgan fingerprint density at radius 3 is 3.05 bits per heavy atom. The third-order valence-corrected chi connectivity index (χ3v) is 3.13. The third kappa shape index (κ3) is 2.46. The molecule has 4 nitrogen and oxygen atoms in total. The number of para-hydroxylation sites is 1. The maximum atomic E-state index is 13.8. The Morgan fingerprint density at radius 2 is 2.16 bits per heavy atom. The molecule has 0 amide bonds. The maximum absolute atomic E-state index is 13.8. The van der Waals surface area contributed by atoms with Gasteiger partial charge in [-0.25, -0.2) is 9.37 Å². The monoisotopic (exact) mass is 279 g/mol. The van der Waals surface area contributed by atoms with E-state index in [1.165, 1.54) is 0 Å². The first-order valence-electron chi connectivity index (χ1n) is 5.88. The number of rotatable bonds is 1. The molecule has 0 aliphatic carbocycles. The van der Waals surface area contributed by atoms with Crippen LogP contribution in [0.25, 0.3) is 0 Å². The minimum absolute atomic E-state index is 0.0369. The molecule has 98 valence electrons. The normalized spacial score (nSPS) is 14.5. The Labute approximate surface area is 114 Å². The van der Waals surface area contributed by atoms with Crippen LogP contribution in [-0.4, -0.2) is 23.1 Å². The molecule has 0 bridgehead atoms. The molecular weight excluding hydrogens is 269 g/mol. The number of fused-ring (bicyclic) bond motifs is 1. The van der Waals surface area contributed by atoms with Gasteiger partial charge in [-0.3, -0.25) is 0 Å². The minimum atomic E-state index is -0.483. The second-order valence-corrected chi connectivity index (χ2v) is 4.53. The van der Waals surface area contributed by atoms with Crippen molar-refractivity contribution in [1.29, 1.82) is 0 Å². The quantitative estimate of drug-likeness (QED) is 0.752. The maximum Gasteiger partial charge on any atom is 0.224 e. The highest BCUT2D eigenvalue weighted by Gasteiger charge is 2.19. The number of halogens is 2. The van der Waals surface area contributed by atoms with Gasteiger partial charge in [0, 0.05) is 12.1 Å². The lowest BCUT2D eigenvalue weighted by atomic mass is 10.2. The van der Waals surface area contributed by atoms with Gasteiger partial charge in [0.2, 0.25) is 5.28 Å². The van der Waals surface area contributed by atoms with Gasteiger partial charge in [-0.2, -0.15) is 4.98 Å². The van der Waals surface area contributed by atoms with Gasteiger partial charge in [0.25, 0.3) is 0 Å². The van der Waals surface area contributed by atoms with E-state index in [1.54, 1.807) is 4.90 Å². The Balaban J connectivity index is 1.96. The lowest BCUT2D eigenvalue weighted by Crippen LogP contribution is -2.27. The van der Waals surface area contributed by atoms with Crippen LogP contribution in [0.2, 0.25) is 5.28 Å². The number of aromatic nitrogens is 2. The molecule has 1 aliphatic rings. The van der Waals surface area contributed by atoms with E-state index in [0.29, 0.717) is 19.7 Å². The summed E-state index contributed by atoms with van der Waals surface area (Å²) in [6.07, 6.45) is 1.09. The first-order chi connectivity index (χ1) is 9.24. The molecule has 1 aromatic heterocycles. The molecule has 0 atom stereocenters. The van der Waals surface area contributed by atoms with Crippen LogP contribution in [0, 0.1) is 5.82 Å². The molecule has 3 rings (SSSR count). The first kappa shape index (κ1) is 12.2. The Morgan fingerprint density at radius 1 is 1.32 bits per heavy atom. The van der Waals surface area contributed by atoms with Crippen LogP contribution in [0.4, 0.5) is 10.2 Å². The molecular formula is C13H11ClFN3O. The number of hydrogen-bond donors (Lipinski definition) is 0. The molecule has 0 radical (unpaired) electrons. The number of ether oxygens (including phenoxy) is 1. The average Bonchev–Trinajstić information content (AvgIpc) is 2.63. The van der Waals surface area contributed by atoms with Crippen molar-refractivity contribution in [3.63, 3.8) is 0 Å². The number of anilines is 1. The van der Waals surface area contributed by atoms with E-state index >= 15 is 0 Å². The zero-order valence-electron chi connectivity index (χ0n) is 10.0. The van der Waals surface area contributed by atoms with Crippen molar-refractivity contribution in [2.24, 2.45) is 0 Å². The van der Waals surface area contributed by atoms with E-state index in [1.807, 2.05) is 24.3 Å². The van der Waals surface area contributed by atoms with Gasteiger partial charge in [-0.05, 0) is 17.7 Å². The fraction of sp³-hybridized carbons (Fsp3) is 0.231. The van der Waals surface area contributed by atoms with Gasteiger partial charge < -0.3 is 9.64 Å². The summed E-state index contributed by atoms with van der Waals surface area (Å²) < 4.78 is 19.4. The van der Waals surface area contributed by atoms with Gasteiger partial charge >= 0.3 is 0 Å². The van der Waals surface area contributed by atoms with Crippen LogP contribution in [0.15, 0.2) is 30.5 Å². The number of nitrogens with zero attached hydrogens (tertiary/aromatic N) is 3. The minimum Gasteiger partial charge on any atom is -0.491 e. The van der Waals surface area contributed by atoms with Crippen molar-refractivity contribution in [2.75, 3.05) is 18.1 Å². The van der Waals surface area contributed by atoms with Crippen molar-refractivity contribution in [3.8, 4) is 5.75 Å². The molecule has 2 heterocycles. The van der Waals surface area contributed by atoms with Crippen LogP contribution >= 0.6 is 11.6 Å². The molecule has 0 fully saturated rings. The summed E-state index contributed by atoms with van der Waals surface area (Å²) >= 11 is 5.73. The molecule has 19 heavy (non-hydrogen) atoms. The van der Waals surface area contributed by atoms with Gasteiger partial charge in [0.1, 0.15) is 12.4 Å². The molecule has 0 saturated heterocycles. The summed E-state index contributed by atoms with van der Waals surface area (Å²) in [5, 5.41) is 0.0369. The fourth-order valence-corrected chi connectivity index (χ4v) is 2.19. The summed E-state index contributed by atoms with van der Waals surface area (Å²) in [7, 11) is 0. The highest BCUT2D eigenvalue weighted by atomic mass is 35.5. The van der Waals surface area contributed by atoms with Crippen molar-refractivity contribution in [2.45, 2.75) is 6.54 Å². The second kappa shape index (κ2) is 5.01. The van der Waals surface area contributed by atoms with Gasteiger partial charge in [0.15, 0.2) is 11.6 Å². The first-order valence-corrected chi connectivity index (χ1v) is 6.25. The zero-order valence-corrected chi connectivity index (χ0v) is 10.8. The SMILES string of the molecule is Fc1cnc(Cl)nc1N1CCOc2ccccc2C1. The Bertz CT molecular complexity index is 608. The number of hydrogen-bond acceptors (Lipinski definition) is 4. The van der Waals surface area contributed by atoms with Crippen LogP contribution in [0.1, 0.15) is 5.56 Å². The predicted octanol–water partition coefficient (Wildman–Crippen LogP) is 2.67. The predicted molar refractivity (Wildman–Crippen MR) is 70.0 cm³/mol. The third-order valence-electron chi connectivity index (χ3n) is 2.95. The van der Waals surface area contributed by atoms with E-state index in [0.717, 1.165) is 17.5 Å². The molecule has 2 aromatic rings. The lowest BCUT2D eigenvalue weighted by molar-refractivity contribution is 0.331. The van der Waals surface area contributed by atoms with Gasteiger partial charge in [0.05, 0.1) is 12.7 Å². The largest absolute Gasteiger partial charge is 0.491 e. The summed E-state index contributed by atoms with van der Waals surface area (Å²) in [5.74, 6) is 0.551. The van der Waals surface area contributed by atoms with Crippen LogP contribution in [0.3, 0.4) is 0 Å². The van der Waals surface area contributed by atoms with E-state index < -0.39 is 5.82 Å². The van der Waals surface area contributed by atoms with Gasteiger partial charge in [-0.1, -0.05) is 18.2 Å². The van der Waals surface area contributed by atoms with Crippen molar-refractivity contribution >= 4 is 17.4 Å². The molecule has 1 aliphatic heterocycles. The van der Waals surface area contributed by atoms with E-state index in [4.69, 9.17) is 16.3 Å². The van der Waals surface area contributed by atoms with E-state index in [9.17, 15) is 4.39 Å². The highest BCUT2D eigenvalue weighted by Crippen LogP contribution is 2.26. The zero-order chi connectivity index (χ0) is 13.2. The smallest absolute Gasteiger partial charge is 0.224 e. The lowest BCUT2D eigenvalue weighted by Gasteiger charge is -2.21. The van der Waals surface area contributed by atoms with Gasteiger partial charge in [-0.15, -0.1) is 0 Å².